The molecule has 2 heterocycles. The third kappa shape index (κ3) is 4.53. The second-order valence-corrected chi connectivity index (χ2v) is 7.36. The van der Waals surface area contributed by atoms with Gasteiger partial charge in [-0.05, 0) is 30.3 Å². The van der Waals surface area contributed by atoms with Crippen molar-refractivity contribution in [2.24, 2.45) is 0 Å². The lowest BCUT2D eigenvalue weighted by Crippen LogP contribution is -3.15. The molecule has 154 valence electrons. The fourth-order valence-electron chi connectivity index (χ4n) is 3.66. The van der Waals surface area contributed by atoms with Crippen LogP contribution < -0.4 is 19.7 Å². The first-order chi connectivity index (χ1) is 14.6. The molecule has 1 atom stereocenters. The summed E-state index contributed by atoms with van der Waals surface area (Å²) in [4.78, 5) is 28.0. The van der Waals surface area contributed by atoms with E-state index in [1.807, 2.05) is 18.2 Å². The van der Waals surface area contributed by atoms with Crippen molar-refractivity contribution in [3.05, 3.63) is 54.1 Å². The van der Waals surface area contributed by atoms with Crippen molar-refractivity contribution < 1.29 is 24.0 Å². The smallest absolute Gasteiger partial charge is 0.279 e. The number of rotatable bonds is 4. The highest BCUT2D eigenvalue weighted by Crippen LogP contribution is 2.31. The fourth-order valence-corrected chi connectivity index (χ4v) is 3.66. The number of nitrogens with one attached hydrogen (secondary N) is 2. The maximum atomic E-state index is 12.8. The monoisotopic (exact) mass is 407 g/mol. The van der Waals surface area contributed by atoms with Crippen LogP contribution in [0.3, 0.4) is 0 Å². The highest BCUT2D eigenvalue weighted by Gasteiger charge is 2.34. The molecule has 0 unspecified atom stereocenters. The van der Waals surface area contributed by atoms with Crippen molar-refractivity contribution in [1.82, 2.24) is 4.90 Å². The van der Waals surface area contributed by atoms with Crippen LogP contribution in [0.25, 0.3) is 0 Å². The van der Waals surface area contributed by atoms with Crippen LogP contribution in [0.5, 0.6) is 11.5 Å². The Morgan fingerprint density at radius 1 is 1.13 bits per heavy atom. The number of anilines is 1. The minimum atomic E-state index is -0.642. The average Bonchev–Trinajstić information content (AvgIpc) is 2.79. The Hall–Kier alpha value is -3.57. The quantitative estimate of drug-likeness (QED) is 0.748. The SMILES string of the molecule is N#Cc1cccc(NC(=O)C[NH+]2CCN(C(=O)[C@H]3COc4ccccc4O3)CC2)c1. The van der Waals surface area contributed by atoms with E-state index < -0.39 is 6.10 Å². The number of carbonyl (C=O) groups excluding carboxylic acids is 2. The van der Waals surface area contributed by atoms with E-state index in [4.69, 9.17) is 14.7 Å². The van der Waals surface area contributed by atoms with Gasteiger partial charge in [-0.25, -0.2) is 0 Å². The predicted octanol–water partition coefficient (Wildman–Crippen LogP) is 0.0639. The van der Waals surface area contributed by atoms with Gasteiger partial charge >= 0.3 is 0 Å². The number of amides is 2. The summed E-state index contributed by atoms with van der Waals surface area (Å²) in [6, 6.07) is 16.2. The number of fused-ring (bicyclic) bond motifs is 1. The molecule has 1 fully saturated rings. The van der Waals surface area contributed by atoms with Gasteiger partial charge in [0.25, 0.3) is 11.8 Å². The zero-order valence-corrected chi connectivity index (χ0v) is 16.5. The summed E-state index contributed by atoms with van der Waals surface area (Å²) >= 11 is 0. The number of hydrogen-bond donors (Lipinski definition) is 2. The van der Waals surface area contributed by atoms with Gasteiger partial charge in [0.05, 0.1) is 37.8 Å². The molecule has 2 aromatic carbocycles. The summed E-state index contributed by atoms with van der Waals surface area (Å²) < 4.78 is 11.5. The lowest BCUT2D eigenvalue weighted by atomic mass is 10.2. The van der Waals surface area contributed by atoms with E-state index in [0.717, 1.165) is 4.90 Å². The number of para-hydroxylation sites is 2. The molecular formula is C22H23N4O4+. The van der Waals surface area contributed by atoms with Crippen LogP contribution >= 0.6 is 0 Å². The number of nitrogens with zero attached hydrogens (tertiary/aromatic N) is 2. The van der Waals surface area contributed by atoms with Crippen LogP contribution in [0.15, 0.2) is 48.5 Å². The Morgan fingerprint density at radius 2 is 1.90 bits per heavy atom. The van der Waals surface area contributed by atoms with Crippen LogP contribution in [-0.2, 0) is 9.59 Å². The molecule has 1 saturated heterocycles. The van der Waals surface area contributed by atoms with Crippen molar-refractivity contribution in [1.29, 1.82) is 5.26 Å². The maximum Gasteiger partial charge on any atom is 0.279 e. The molecule has 2 aliphatic heterocycles. The Balaban J connectivity index is 1.25. The molecule has 30 heavy (non-hydrogen) atoms. The molecule has 0 saturated carbocycles. The minimum absolute atomic E-state index is 0.0821. The number of nitriles is 1. The van der Waals surface area contributed by atoms with E-state index >= 15 is 0 Å². The summed E-state index contributed by atoms with van der Waals surface area (Å²) in [6.45, 7) is 3.01. The van der Waals surface area contributed by atoms with Gasteiger partial charge in [-0.3, -0.25) is 9.59 Å². The topological polar surface area (TPSA) is 96.1 Å². The molecule has 2 N–H and O–H groups in total. The number of piperazine rings is 1. The molecule has 0 spiro atoms. The lowest BCUT2D eigenvalue weighted by Gasteiger charge is -2.35. The van der Waals surface area contributed by atoms with Gasteiger partial charge in [-0.2, -0.15) is 5.26 Å². The Morgan fingerprint density at radius 3 is 2.67 bits per heavy atom. The van der Waals surface area contributed by atoms with E-state index in [0.29, 0.717) is 55.5 Å². The zero-order chi connectivity index (χ0) is 20.9. The highest BCUT2D eigenvalue weighted by atomic mass is 16.6. The normalized spacial score (nSPS) is 18.4. The first-order valence-corrected chi connectivity index (χ1v) is 9.93. The first kappa shape index (κ1) is 19.7. The molecule has 0 aliphatic carbocycles. The zero-order valence-electron chi connectivity index (χ0n) is 16.5. The molecule has 8 heteroatoms. The van der Waals surface area contributed by atoms with Crippen molar-refractivity contribution >= 4 is 17.5 Å². The standard InChI is InChI=1S/C22H22N4O4/c23-13-16-4-3-5-17(12-16)24-21(27)14-25-8-10-26(11-9-25)22(28)20-15-29-18-6-1-2-7-19(18)30-20/h1-7,12,20H,8-11,14-15H2,(H,24,27)/p+1/t20-/m1/s1. The number of carbonyl (C=O) groups is 2. The Kier molecular flexibility index (Phi) is 5.82. The summed E-state index contributed by atoms with van der Waals surface area (Å²) in [7, 11) is 0. The van der Waals surface area contributed by atoms with Crippen molar-refractivity contribution in [2.75, 3.05) is 44.6 Å². The van der Waals surface area contributed by atoms with E-state index in [-0.39, 0.29) is 18.4 Å². The van der Waals surface area contributed by atoms with Crippen LogP contribution in [0.4, 0.5) is 5.69 Å². The third-order valence-electron chi connectivity index (χ3n) is 5.25. The van der Waals surface area contributed by atoms with E-state index in [1.54, 1.807) is 35.2 Å². The summed E-state index contributed by atoms with van der Waals surface area (Å²) in [5, 5.41) is 11.8. The summed E-state index contributed by atoms with van der Waals surface area (Å²) in [5.41, 5.74) is 1.12. The van der Waals surface area contributed by atoms with Crippen molar-refractivity contribution in [3.63, 3.8) is 0 Å². The van der Waals surface area contributed by atoms with Crippen molar-refractivity contribution in [2.45, 2.75) is 6.10 Å². The highest BCUT2D eigenvalue weighted by molar-refractivity contribution is 5.91. The van der Waals surface area contributed by atoms with Crippen LogP contribution in [-0.4, -0.2) is 62.1 Å². The average molecular weight is 407 g/mol. The van der Waals surface area contributed by atoms with E-state index in [9.17, 15) is 9.59 Å². The number of hydrogen-bond acceptors (Lipinski definition) is 5. The fraction of sp³-hybridized carbons (Fsp3) is 0.318. The maximum absolute atomic E-state index is 12.8. The van der Waals surface area contributed by atoms with Crippen LogP contribution in [0, 0.1) is 11.3 Å². The van der Waals surface area contributed by atoms with Crippen molar-refractivity contribution in [3.8, 4) is 17.6 Å². The molecular weight excluding hydrogens is 384 g/mol. The molecule has 4 rings (SSSR count). The molecule has 2 aliphatic rings. The molecule has 8 nitrogen and oxygen atoms in total. The minimum Gasteiger partial charge on any atom is -0.485 e. The third-order valence-corrected chi connectivity index (χ3v) is 5.25. The van der Waals surface area contributed by atoms with Gasteiger partial charge in [0.15, 0.2) is 18.0 Å². The Bertz CT molecular complexity index is 979. The second-order valence-electron chi connectivity index (χ2n) is 7.36. The number of quaternary nitrogens is 1. The van der Waals surface area contributed by atoms with Gasteiger partial charge in [0.1, 0.15) is 6.61 Å². The largest absolute Gasteiger partial charge is 0.485 e. The van der Waals surface area contributed by atoms with E-state index in [2.05, 4.69) is 11.4 Å². The van der Waals surface area contributed by atoms with Crippen LogP contribution in [0.1, 0.15) is 5.56 Å². The van der Waals surface area contributed by atoms with Gasteiger partial charge in [0.2, 0.25) is 6.10 Å². The molecule has 0 aromatic heterocycles. The molecule has 0 bridgehead atoms. The predicted molar refractivity (Wildman–Crippen MR) is 108 cm³/mol. The number of benzene rings is 2. The van der Waals surface area contributed by atoms with Gasteiger partial charge < -0.3 is 24.6 Å². The summed E-state index contributed by atoms with van der Waals surface area (Å²) in [5.74, 6) is 1.05. The number of ether oxygens (including phenoxy) is 2. The second kappa shape index (κ2) is 8.84. The first-order valence-electron chi connectivity index (χ1n) is 9.93. The molecule has 2 amide bonds. The van der Waals surface area contributed by atoms with Crippen LogP contribution in [0.2, 0.25) is 0 Å². The van der Waals surface area contributed by atoms with Gasteiger partial charge in [0, 0.05) is 5.69 Å². The lowest BCUT2D eigenvalue weighted by molar-refractivity contribution is -0.895. The summed E-state index contributed by atoms with van der Waals surface area (Å²) in [6.07, 6.45) is -0.642. The molecule has 2 aromatic rings. The molecule has 0 radical (unpaired) electrons. The Labute approximate surface area is 174 Å². The van der Waals surface area contributed by atoms with E-state index in [1.165, 1.54) is 0 Å². The van der Waals surface area contributed by atoms with Gasteiger partial charge in [-0.15, -0.1) is 0 Å². The van der Waals surface area contributed by atoms with Gasteiger partial charge in [-0.1, -0.05) is 18.2 Å².